The molecule has 2 aromatic carbocycles. The maximum atomic E-state index is 12.0. The van der Waals surface area contributed by atoms with Gasteiger partial charge in [-0.3, -0.25) is 4.79 Å². The number of nitrogens with one attached hydrogen (secondary N) is 2. The first-order valence-electron chi connectivity index (χ1n) is 9.21. The Labute approximate surface area is 150 Å². The van der Waals surface area contributed by atoms with Gasteiger partial charge in [-0.1, -0.05) is 30.3 Å². The van der Waals surface area contributed by atoms with E-state index < -0.39 is 0 Å². The molecule has 2 N–H and O–H groups in total. The number of hydrogen-bond donors (Lipinski definition) is 2. The van der Waals surface area contributed by atoms with Crippen LogP contribution >= 0.6 is 0 Å². The van der Waals surface area contributed by atoms with Gasteiger partial charge in [-0.15, -0.1) is 0 Å². The summed E-state index contributed by atoms with van der Waals surface area (Å²) in [5, 5.41) is 6.15. The molecular formula is C21H27N3O. The van der Waals surface area contributed by atoms with Crippen LogP contribution in [0.15, 0.2) is 54.6 Å². The third-order valence-corrected chi connectivity index (χ3v) is 4.59. The van der Waals surface area contributed by atoms with Gasteiger partial charge in [-0.25, -0.2) is 0 Å². The summed E-state index contributed by atoms with van der Waals surface area (Å²) in [4.78, 5) is 14.4. The van der Waals surface area contributed by atoms with Gasteiger partial charge in [0.05, 0.1) is 6.54 Å². The van der Waals surface area contributed by atoms with E-state index in [1.54, 1.807) is 0 Å². The van der Waals surface area contributed by atoms with Gasteiger partial charge in [-0.05, 0) is 62.1 Å². The molecule has 4 nitrogen and oxygen atoms in total. The molecule has 1 heterocycles. The van der Waals surface area contributed by atoms with Crippen molar-refractivity contribution in [2.75, 3.05) is 36.4 Å². The molecule has 0 atom stereocenters. The molecular weight excluding hydrogens is 310 g/mol. The van der Waals surface area contributed by atoms with Gasteiger partial charge < -0.3 is 15.5 Å². The van der Waals surface area contributed by atoms with Crippen LogP contribution in [0.4, 0.5) is 11.4 Å². The molecule has 3 rings (SSSR count). The van der Waals surface area contributed by atoms with E-state index in [-0.39, 0.29) is 5.91 Å². The summed E-state index contributed by atoms with van der Waals surface area (Å²) < 4.78 is 0. The normalized spacial score (nSPS) is 14.3. The summed E-state index contributed by atoms with van der Waals surface area (Å²) in [5.41, 5.74) is 3.39. The Morgan fingerprint density at radius 1 is 0.920 bits per heavy atom. The van der Waals surface area contributed by atoms with E-state index in [1.165, 1.54) is 30.5 Å². The van der Waals surface area contributed by atoms with Crippen molar-refractivity contribution in [1.29, 1.82) is 0 Å². The fourth-order valence-corrected chi connectivity index (χ4v) is 3.19. The largest absolute Gasteiger partial charge is 0.372 e. The molecule has 25 heavy (non-hydrogen) atoms. The van der Waals surface area contributed by atoms with E-state index in [0.717, 1.165) is 31.7 Å². The quantitative estimate of drug-likeness (QED) is 0.761. The van der Waals surface area contributed by atoms with Crippen molar-refractivity contribution in [1.82, 2.24) is 5.32 Å². The van der Waals surface area contributed by atoms with Crippen molar-refractivity contribution in [3.8, 4) is 0 Å². The Morgan fingerprint density at radius 2 is 1.64 bits per heavy atom. The highest BCUT2D eigenvalue weighted by molar-refractivity contribution is 5.92. The summed E-state index contributed by atoms with van der Waals surface area (Å²) in [7, 11) is 0. The maximum Gasteiger partial charge on any atom is 0.238 e. The number of anilines is 2. The molecule has 2 aromatic rings. The van der Waals surface area contributed by atoms with Crippen LogP contribution in [0.1, 0.15) is 24.8 Å². The fraction of sp³-hybridized carbons (Fsp3) is 0.381. The van der Waals surface area contributed by atoms with E-state index in [2.05, 4.69) is 39.8 Å². The van der Waals surface area contributed by atoms with E-state index >= 15 is 0 Å². The van der Waals surface area contributed by atoms with Gasteiger partial charge in [0.25, 0.3) is 0 Å². The number of piperidine rings is 1. The van der Waals surface area contributed by atoms with Gasteiger partial charge in [-0.2, -0.15) is 0 Å². The topological polar surface area (TPSA) is 44.4 Å². The predicted octanol–water partition coefficient (Wildman–Crippen LogP) is 3.45. The first-order chi connectivity index (χ1) is 12.3. The molecule has 1 fully saturated rings. The number of benzene rings is 2. The molecule has 4 heteroatoms. The van der Waals surface area contributed by atoms with E-state index in [1.807, 2.05) is 30.3 Å². The Kier molecular flexibility index (Phi) is 6.46. The minimum Gasteiger partial charge on any atom is -0.372 e. The summed E-state index contributed by atoms with van der Waals surface area (Å²) in [6, 6.07) is 18.5. The average Bonchev–Trinajstić information content (AvgIpc) is 2.67. The highest BCUT2D eigenvalue weighted by Gasteiger charge is 2.10. The van der Waals surface area contributed by atoms with Gasteiger partial charge >= 0.3 is 0 Å². The van der Waals surface area contributed by atoms with E-state index in [0.29, 0.717) is 6.54 Å². The second-order valence-electron chi connectivity index (χ2n) is 6.56. The summed E-state index contributed by atoms with van der Waals surface area (Å²) in [6.45, 7) is 3.40. The predicted molar refractivity (Wildman–Crippen MR) is 104 cm³/mol. The van der Waals surface area contributed by atoms with Crippen LogP contribution in [0.3, 0.4) is 0 Å². The lowest BCUT2D eigenvalue weighted by Gasteiger charge is -2.28. The fourth-order valence-electron chi connectivity index (χ4n) is 3.19. The lowest BCUT2D eigenvalue weighted by atomic mass is 10.1. The zero-order chi connectivity index (χ0) is 17.3. The molecule has 1 aliphatic heterocycles. The van der Waals surface area contributed by atoms with Crippen LogP contribution in [-0.2, 0) is 11.2 Å². The second kappa shape index (κ2) is 9.23. The summed E-state index contributed by atoms with van der Waals surface area (Å²) >= 11 is 0. The van der Waals surface area contributed by atoms with Crippen LogP contribution in [0.2, 0.25) is 0 Å². The van der Waals surface area contributed by atoms with Crippen molar-refractivity contribution in [2.45, 2.75) is 25.7 Å². The van der Waals surface area contributed by atoms with Crippen LogP contribution in [-0.4, -0.2) is 32.1 Å². The van der Waals surface area contributed by atoms with Crippen molar-refractivity contribution < 1.29 is 4.79 Å². The van der Waals surface area contributed by atoms with Crippen molar-refractivity contribution in [3.05, 3.63) is 60.2 Å². The zero-order valence-electron chi connectivity index (χ0n) is 14.7. The zero-order valence-corrected chi connectivity index (χ0v) is 14.7. The number of nitrogens with zero attached hydrogens (tertiary/aromatic N) is 1. The molecule has 0 saturated carbocycles. The van der Waals surface area contributed by atoms with Crippen molar-refractivity contribution in [2.24, 2.45) is 0 Å². The standard InChI is InChI=1S/C21H27N3O/c25-21(17-22-14-13-18-7-3-1-4-8-18)23-19-9-11-20(12-10-19)24-15-5-2-6-16-24/h1,3-4,7-12,22H,2,5-6,13-17H2,(H,23,25). The van der Waals surface area contributed by atoms with E-state index in [4.69, 9.17) is 0 Å². The van der Waals surface area contributed by atoms with Crippen LogP contribution in [0.25, 0.3) is 0 Å². The first kappa shape index (κ1) is 17.5. The Bertz CT molecular complexity index is 649. The highest BCUT2D eigenvalue weighted by atomic mass is 16.1. The monoisotopic (exact) mass is 337 g/mol. The van der Waals surface area contributed by atoms with Gasteiger partial charge in [0.15, 0.2) is 0 Å². The van der Waals surface area contributed by atoms with Crippen molar-refractivity contribution >= 4 is 17.3 Å². The third-order valence-electron chi connectivity index (χ3n) is 4.59. The molecule has 132 valence electrons. The van der Waals surface area contributed by atoms with Gasteiger partial charge in [0.2, 0.25) is 5.91 Å². The molecule has 1 aliphatic rings. The summed E-state index contributed by atoms with van der Waals surface area (Å²) in [5.74, 6) is -0.00113. The summed E-state index contributed by atoms with van der Waals surface area (Å²) in [6.07, 6.45) is 4.81. The Balaban J connectivity index is 1.38. The molecule has 0 spiro atoms. The SMILES string of the molecule is O=C(CNCCc1ccccc1)Nc1ccc(N2CCCCC2)cc1. The minimum atomic E-state index is -0.00113. The molecule has 0 aliphatic carbocycles. The highest BCUT2D eigenvalue weighted by Crippen LogP contribution is 2.21. The lowest BCUT2D eigenvalue weighted by Crippen LogP contribution is -2.30. The van der Waals surface area contributed by atoms with Crippen LogP contribution < -0.4 is 15.5 Å². The molecule has 1 amide bonds. The number of amides is 1. The Morgan fingerprint density at radius 3 is 2.36 bits per heavy atom. The second-order valence-corrected chi connectivity index (χ2v) is 6.56. The maximum absolute atomic E-state index is 12.0. The Hall–Kier alpha value is -2.33. The molecule has 1 saturated heterocycles. The number of hydrogen-bond acceptors (Lipinski definition) is 3. The van der Waals surface area contributed by atoms with Gasteiger partial charge in [0, 0.05) is 24.5 Å². The minimum absolute atomic E-state index is 0.00113. The first-order valence-corrected chi connectivity index (χ1v) is 9.21. The molecule has 0 aromatic heterocycles. The third kappa shape index (κ3) is 5.61. The number of rotatable bonds is 7. The lowest BCUT2D eigenvalue weighted by molar-refractivity contribution is -0.115. The van der Waals surface area contributed by atoms with Crippen LogP contribution in [0.5, 0.6) is 0 Å². The smallest absolute Gasteiger partial charge is 0.238 e. The average molecular weight is 337 g/mol. The van der Waals surface area contributed by atoms with Crippen molar-refractivity contribution in [3.63, 3.8) is 0 Å². The molecule has 0 radical (unpaired) electrons. The van der Waals surface area contributed by atoms with E-state index in [9.17, 15) is 4.79 Å². The molecule has 0 bridgehead atoms. The van der Waals surface area contributed by atoms with Gasteiger partial charge in [0.1, 0.15) is 0 Å². The molecule has 0 unspecified atom stereocenters. The van der Waals surface area contributed by atoms with Crippen LogP contribution in [0, 0.1) is 0 Å². The number of carbonyl (C=O) groups excluding carboxylic acids is 1. The number of carbonyl (C=O) groups is 1.